The molecule has 0 amide bonds. The van der Waals surface area contributed by atoms with Crippen LogP contribution in [0.3, 0.4) is 0 Å². The number of carbonyl (C=O) groups excluding carboxylic acids is 1. The number of carbonyl (C=O) groups is 1. The Kier molecular flexibility index (Phi) is 3.66. The van der Waals surface area contributed by atoms with Gasteiger partial charge in [0.15, 0.2) is 5.78 Å². The highest BCUT2D eigenvalue weighted by molar-refractivity contribution is 6.31. The Hall–Kier alpha value is -1.91. The molecule has 1 atom stereocenters. The normalized spacial score (nSPS) is 16.8. The molecule has 0 saturated heterocycles. The van der Waals surface area contributed by atoms with Gasteiger partial charge in [0.05, 0.1) is 18.4 Å². The van der Waals surface area contributed by atoms with Crippen molar-refractivity contribution < 1.29 is 14.6 Å². The minimum atomic E-state index is -0.437. The molecular formula is C16H14ClNO3. The van der Waals surface area contributed by atoms with Gasteiger partial charge in [0.1, 0.15) is 5.75 Å². The van der Waals surface area contributed by atoms with E-state index in [1.165, 1.54) is 0 Å². The van der Waals surface area contributed by atoms with Crippen molar-refractivity contribution >= 4 is 17.4 Å². The van der Waals surface area contributed by atoms with Crippen LogP contribution >= 0.6 is 11.6 Å². The molecule has 1 N–H and O–H groups in total. The molecule has 1 aromatic carbocycles. The van der Waals surface area contributed by atoms with Crippen LogP contribution in [0.5, 0.6) is 5.75 Å². The van der Waals surface area contributed by atoms with Crippen molar-refractivity contribution in [2.75, 3.05) is 0 Å². The lowest BCUT2D eigenvalue weighted by atomic mass is 9.98. The molecule has 108 valence electrons. The van der Waals surface area contributed by atoms with E-state index >= 15 is 0 Å². The largest absolute Gasteiger partial charge is 0.506 e. The molecule has 0 bridgehead atoms. The fraction of sp³-hybridized carbons (Fsp3) is 0.250. The minimum absolute atomic E-state index is 0.0655. The van der Waals surface area contributed by atoms with Crippen molar-refractivity contribution in [3.63, 3.8) is 0 Å². The van der Waals surface area contributed by atoms with Crippen molar-refractivity contribution in [3.05, 3.63) is 57.9 Å². The van der Waals surface area contributed by atoms with E-state index < -0.39 is 6.10 Å². The quantitative estimate of drug-likeness (QED) is 0.880. The summed E-state index contributed by atoms with van der Waals surface area (Å²) in [4.78, 5) is 16.4. The second-order valence-electron chi connectivity index (χ2n) is 5.07. The van der Waals surface area contributed by atoms with Crippen LogP contribution in [0.25, 0.3) is 0 Å². The summed E-state index contributed by atoms with van der Waals surface area (Å²) >= 11 is 5.90. The molecule has 0 saturated carbocycles. The molecule has 3 rings (SSSR count). The molecule has 1 aliphatic heterocycles. The van der Waals surface area contributed by atoms with Gasteiger partial charge < -0.3 is 9.84 Å². The van der Waals surface area contributed by atoms with Crippen LogP contribution in [0.4, 0.5) is 0 Å². The smallest absolute Gasteiger partial charge is 0.165 e. The van der Waals surface area contributed by atoms with Gasteiger partial charge in [0.2, 0.25) is 0 Å². The Morgan fingerprint density at radius 2 is 2.33 bits per heavy atom. The van der Waals surface area contributed by atoms with Crippen LogP contribution in [-0.2, 0) is 11.3 Å². The number of fused-ring (bicyclic) bond motifs is 1. The van der Waals surface area contributed by atoms with Gasteiger partial charge in [-0.05, 0) is 19.1 Å². The predicted octanol–water partition coefficient (Wildman–Crippen LogP) is 3.59. The van der Waals surface area contributed by atoms with Crippen LogP contribution < -0.4 is 0 Å². The Morgan fingerprint density at radius 3 is 3.10 bits per heavy atom. The van der Waals surface area contributed by atoms with E-state index in [-0.39, 0.29) is 18.0 Å². The summed E-state index contributed by atoms with van der Waals surface area (Å²) < 4.78 is 5.63. The molecule has 1 aromatic heterocycles. The predicted molar refractivity (Wildman–Crippen MR) is 78.6 cm³/mol. The van der Waals surface area contributed by atoms with E-state index in [9.17, 15) is 9.90 Å². The van der Waals surface area contributed by atoms with Gasteiger partial charge in [-0.1, -0.05) is 23.7 Å². The van der Waals surface area contributed by atoms with E-state index in [1.807, 2.05) is 0 Å². The maximum Gasteiger partial charge on any atom is 0.165 e. The number of halogens is 1. The number of pyridine rings is 1. The Labute approximate surface area is 127 Å². The summed E-state index contributed by atoms with van der Waals surface area (Å²) in [6.07, 6.45) is 1.42. The topological polar surface area (TPSA) is 59.4 Å². The van der Waals surface area contributed by atoms with Crippen molar-refractivity contribution in [2.24, 2.45) is 0 Å². The third-order valence-corrected chi connectivity index (χ3v) is 3.87. The van der Waals surface area contributed by atoms with Crippen LogP contribution in [0.15, 0.2) is 30.5 Å². The number of aryl methyl sites for hydroxylation is 1. The van der Waals surface area contributed by atoms with Crippen LogP contribution in [0.2, 0.25) is 5.02 Å². The summed E-state index contributed by atoms with van der Waals surface area (Å²) in [6.45, 7) is 2.09. The third-order valence-electron chi connectivity index (χ3n) is 3.64. The zero-order valence-electron chi connectivity index (χ0n) is 11.5. The lowest BCUT2D eigenvalue weighted by Crippen LogP contribution is -2.07. The summed E-state index contributed by atoms with van der Waals surface area (Å²) in [5, 5.41) is 10.7. The first-order valence-electron chi connectivity index (χ1n) is 6.64. The summed E-state index contributed by atoms with van der Waals surface area (Å²) in [5.74, 6) is 0.0538. The van der Waals surface area contributed by atoms with E-state index in [2.05, 4.69) is 4.98 Å². The van der Waals surface area contributed by atoms with Gasteiger partial charge >= 0.3 is 0 Å². The fourth-order valence-electron chi connectivity index (χ4n) is 2.51. The number of ether oxygens (including phenoxy) is 1. The average Bonchev–Trinajstić information content (AvgIpc) is 2.86. The van der Waals surface area contributed by atoms with Crippen molar-refractivity contribution in [1.29, 1.82) is 0 Å². The van der Waals surface area contributed by atoms with Crippen LogP contribution in [0.1, 0.15) is 39.7 Å². The minimum Gasteiger partial charge on any atom is -0.506 e. The highest BCUT2D eigenvalue weighted by atomic mass is 35.5. The van der Waals surface area contributed by atoms with E-state index in [4.69, 9.17) is 16.3 Å². The number of hydrogen-bond donors (Lipinski definition) is 1. The molecule has 0 radical (unpaired) electrons. The van der Waals surface area contributed by atoms with Gasteiger partial charge in [0.25, 0.3) is 0 Å². The number of ketones is 1. The summed E-state index contributed by atoms with van der Waals surface area (Å²) in [6, 6.07) is 6.82. The number of Topliss-reactive ketones (excluding diaryl/α,β-unsaturated/α-hetero) is 1. The maximum absolute atomic E-state index is 12.3. The van der Waals surface area contributed by atoms with Crippen LogP contribution in [0, 0.1) is 6.92 Å². The SMILES string of the molecule is Cc1ncc2c(c1O)C(CC(=O)c1cccc(Cl)c1)OC2. The van der Waals surface area contributed by atoms with Crippen molar-refractivity contribution in [1.82, 2.24) is 4.98 Å². The first-order chi connectivity index (χ1) is 10.1. The standard InChI is InChI=1S/C16H14ClNO3/c1-9-16(20)15-11(7-18-9)8-21-14(15)6-13(19)10-3-2-4-12(17)5-10/h2-5,7,14,20H,6,8H2,1H3. The number of nitrogens with zero attached hydrogens (tertiary/aromatic N) is 1. The molecule has 1 aliphatic rings. The van der Waals surface area contributed by atoms with Gasteiger partial charge in [-0.3, -0.25) is 9.78 Å². The molecule has 2 heterocycles. The summed E-state index contributed by atoms with van der Waals surface area (Å²) in [7, 11) is 0. The number of benzene rings is 1. The Morgan fingerprint density at radius 1 is 1.52 bits per heavy atom. The zero-order valence-corrected chi connectivity index (χ0v) is 12.2. The highest BCUT2D eigenvalue weighted by Gasteiger charge is 2.30. The van der Waals surface area contributed by atoms with Gasteiger partial charge in [-0.15, -0.1) is 0 Å². The molecule has 0 aliphatic carbocycles. The van der Waals surface area contributed by atoms with Crippen LogP contribution in [-0.4, -0.2) is 15.9 Å². The Balaban J connectivity index is 1.86. The molecule has 21 heavy (non-hydrogen) atoms. The molecule has 4 nitrogen and oxygen atoms in total. The molecule has 1 unspecified atom stereocenters. The molecule has 0 spiro atoms. The van der Waals surface area contributed by atoms with Gasteiger partial charge in [-0.2, -0.15) is 0 Å². The van der Waals surface area contributed by atoms with Crippen molar-refractivity contribution in [3.8, 4) is 5.75 Å². The Bertz CT molecular complexity index is 715. The van der Waals surface area contributed by atoms with E-state index in [1.54, 1.807) is 37.4 Å². The first-order valence-corrected chi connectivity index (χ1v) is 7.01. The number of hydrogen-bond acceptors (Lipinski definition) is 4. The second-order valence-corrected chi connectivity index (χ2v) is 5.50. The number of aromatic nitrogens is 1. The number of rotatable bonds is 3. The monoisotopic (exact) mass is 303 g/mol. The third kappa shape index (κ3) is 2.64. The molecule has 0 fully saturated rings. The average molecular weight is 304 g/mol. The number of aromatic hydroxyl groups is 1. The van der Waals surface area contributed by atoms with Gasteiger partial charge in [0, 0.05) is 34.3 Å². The van der Waals surface area contributed by atoms with Gasteiger partial charge in [-0.25, -0.2) is 0 Å². The lowest BCUT2D eigenvalue weighted by Gasteiger charge is -2.12. The highest BCUT2D eigenvalue weighted by Crippen LogP contribution is 2.40. The lowest BCUT2D eigenvalue weighted by molar-refractivity contribution is 0.0529. The van der Waals surface area contributed by atoms with E-state index in [0.29, 0.717) is 28.5 Å². The van der Waals surface area contributed by atoms with Crippen molar-refractivity contribution in [2.45, 2.75) is 26.1 Å². The first kappa shape index (κ1) is 14.0. The second kappa shape index (κ2) is 5.47. The maximum atomic E-state index is 12.3. The zero-order chi connectivity index (χ0) is 15.0. The molecule has 5 heteroatoms. The fourth-order valence-corrected chi connectivity index (χ4v) is 2.70. The molecule has 2 aromatic rings. The molecular weight excluding hydrogens is 290 g/mol. The van der Waals surface area contributed by atoms with E-state index in [0.717, 1.165) is 5.56 Å². The summed E-state index contributed by atoms with van der Waals surface area (Å²) in [5.41, 5.74) is 2.60.